The monoisotopic (exact) mass is 238 g/mol. The average Bonchev–Trinajstić information content (AvgIpc) is 2.98. The Bertz CT molecular complexity index is 353. The highest BCUT2D eigenvalue weighted by molar-refractivity contribution is 5.83. The highest BCUT2D eigenvalue weighted by Gasteiger charge is 2.39. The van der Waals surface area contributed by atoms with Crippen molar-refractivity contribution in [3.05, 3.63) is 0 Å². The molecule has 0 aliphatic heterocycles. The van der Waals surface area contributed by atoms with Gasteiger partial charge < -0.3 is 15.7 Å². The van der Waals surface area contributed by atoms with Crippen LogP contribution in [-0.2, 0) is 4.79 Å². The normalized spacial score (nSPS) is 16.8. The number of aliphatic carboxylic acids is 1. The van der Waals surface area contributed by atoms with Crippen LogP contribution in [0.3, 0.4) is 0 Å². The van der Waals surface area contributed by atoms with Crippen molar-refractivity contribution in [2.75, 3.05) is 0 Å². The number of carboxylic acid groups (broad SMARTS) is 1. The van der Waals surface area contributed by atoms with Gasteiger partial charge in [-0.15, -0.1) is 12.3 Å². The van der Waals surface area contributed by atoms with Gasteiger partial charge in [0.05, 0.1) is 0 Å². The lowest BCUT2D eigenvalue weighted by molar-refractivity contribution is -0.139. The molecular weight excluding hydrogens is 220 g/mol. The number of hydrogen-bond donors (Lipinski definition) is 3. The van der Waals surface area contributed by atoms with Crippen LogP contribution in [0.25, 0.3) is 0 Å². The molecule has 1 aliphatic rings. The molecule has 5 heteroatoms. The summed E-state index contributed by atoms with van der Waals surface area (Å²) in [4.78, 5) is 22.4. The first kappa shape index (κ1) is 13.4. The summed E-state index contributed by atoms with van der Waals surface area (Å²) in [6, 6.07) is -1.51. The predicted molar refractivity (Wildman–Crippen MR) is 63.3 cm³/mol. The fourth-order valence-electron chi connectivity index (χ4n) is 1.71. The molecule has 1 saturated carbocycles. The van der Waals surface area contributed by atoms with Gasteiger partial charge in [-0.05, 0) is 32.6 Å². The minimum atomic E-state index is -1.12. The van der Waals surface area contributed by atoms with E-state index in [4.69, 9.17) is 11.5 Å². The third-order valence-electron chi connectivity index (χ3n) is 2.96. The van der Waals surface area contributed by atoms with E-state index in [0.717, 1.165) is 12.8 Å². The van der Waals surface area contributed by atoms with E-state index in [1.807, 2.05) is 13.8 Å². The molecule has 0 aromatic rings. The fourth-order valence-corrected chi connectivity index (χ4v) is 1.71. The van der Waals surface area contributed by atoms with Gasteiger partial charge in [0.25, 0.3) is 0 Å². The van der Waals surface area contributed by atoms with Crippen LogP contribution < -0.4 is 10.6 Å². The van der Waals surface area contributed by atoms with E-state index in [9.17, 15) is 9.59 Å². The number of rotatable bonds is 5. The van der Waals surface area contributed by atoms with Crippen LogP contribution in [0.15, 0.2) is 0 Å². The zero-order chi connectivity index (χ0) is 13.1. The quantitative estimate of drug-likeness (QED) is 0.624. The molecule has 0 heterocycles. The van der Waals surface area contributed by atoms with E-state index in [2.05, 4.69) is 16.6 Å². The zero-order valence-electron chi connectivity index (χ0n) is 10.1. The maximum absolute atomic E-state index is 11.6. The van der Waals surface area contributed by atoms with Crippen molar-refractivity contribution in [2.45, 2.75) is 44.7 Å². The topological polar surface area (TPSA) is 78.4 Å². The van der Waals surface area contributed by atoms with Gasteiger partial charge in [0.15, 0.2) is 0 Å². The van der Waals surface area contributed by atoms with Gasteiger partial charge in [-0.3, -0.25) is 0 Å². The van der Waals surface area contributed by atoms with Crippen molar-refractivity contribution in [3.8, 4) is 12.3 Å². The lowest BCUT2D eigenvalue weighted by atomic mass is 9.99. The van der Waals surface area contributed by atoms with E-state index in [-0.39, 0.29) is 12.0 Å². The largest absolute Gasteiger partial charge is 0.480 e. The van der Waals surface area contributed by atoms with Gasteiger partial charge in [-0.2, -0.15) is 0 Å². The van der Waals surface area contributed by atoms with Gasteiger partial charge in [-0.25, -0.2) is 9.59 Å². The smallest absolute Gasteiger partial charge is 0.327 e. The molecule has 94 valence electrons. The lowest BCUT2D eigenvalue weighted by Gasteiger charge is -2.27. The van der Waals surface area contributed by atoms with Gasteiger partial charge >= 0.3 is 12.0 Å². The number of carbonyl (C=O) groups is 2. The number of terminal acetylenes is 1. The standard InChI is InChI=1S/C12H18N2O3/c1-4-5-9(10(15)16)13-11(17)14-12(2,3)8-6-7-8/h1,8-9H,5-7H2,2-3H3,(H,15,16)(H2,13,14,17). The summed E-state index contributed by atoms with van der Waals surface area (Å²) in [6.45, 7) is 3.86. The van der Waals surface area contributed by atoms with Crippen LogP contribution in [0.5, 0.6) is 0 Å². The van der Waals surface area contributed by atoms with Crippen molar-refractivity contribution < 1.29 is 14.7 Å². The van der Waals surface area contributed by atoms with E-state index >= 15 is 0 Å². The van der Waals surface area contributed by atoms with Crippen molar-refractivity contribution in [1.82, 2.24) is 10.6 Å². The number of amides is 2. The molecule has 1 fully saturated rings. The third kappa shape index (κ3) is 3.99. The highest BCUT2D eigenvalue weighted by Crippen LogP contribution is 2.39. The summed E-state index contributed by atoms with van der Waals surface area (Å²) in [7, 11) is 0. The Morgan fingerprint density at radius 2 is 2.12 bits per heavy atom. The molecular formula is C12H18N2O3. The molecule has 1 unspecified atom stereocenters. The van der Waals surface area contributed by atoms with Crippen molar-refractivity contribution in [3.63, 3.8) is 0 Å². The van der Waals surface area contributed by atoms with Crippen LogP contribution >= 0.6 is 0 Å². The minimum Gasteiger partial charge on any atom is -0.480 e. The summed E-state index contributed by atoms with van der Waals surface area (Å²) in [5.74, 6) is 1.58. The number of urea groups is 1. The molecule has 3 N–H and O–H groups in total. The summed E-state index contributed by atoms with van der Waals surface area (Å²) >= 11 is 0. The Hall–Kier alpha value is -1.70. The maximum Gasteiger partial charge on any atom is 0.327 e. The van der Waals surface area contributed by atoms with E-state index < -0.39 is 18.0 Å². The number of carbonyl (C=O) groups excluding carboxylic acids is 1. The Balaban J connectivity index is 2.47. The molecule has 1 rings (SSSR count). The summed E-state index contributed by atoms with van der Waals surface area (Å²) in [6.07, 6.45) is 7.22. The Kier molecular flexibility index (Phi) is 4.00. The molecule has 1 atom stereocenters. The maximum atomic E-state index is 11.6. The molecule has 0 saturated heterocycles. The van der Waals surface area contributed by atoms with Gasteiger partial charge in [0.1, 0.15) is 6.04 Å². The molecule has 0 aromatic carbocycles. The van der Waals surface area contributed by atoms with Gasteiger partial charge in [0.2, 0.25) is 0 Å². The zero-order valence-corrected chi connectivity index (χ0v) is 10.1. The Labute approximate surface area is 101 Å². The van der Waals surface area contributed by atoms with Gasteiger partial charge in [0, 0.05) is 12.0 Å². The molecule has 5 nitrogen and oxygen atoms in total. The second kappa shape index (κ2) is 5.09. The summed E-state index contributed by atoms with van der Waals surface area (Å²) < 4.78 is 0. The van der Waals surface area contributed by atoms with Crippen molar-refractivity contribution in [1.29, 1.82) is 0 Å². The number of carboxylic acids is 1. The second-order valence-electron chi connectivity index (χ2n) is 4.89. The molecule has 1 aliphatic carbocycles. The second-order valence-corrected chi connectivity index (χ2v) is 4.89. The number of hydrogen-bond acceptors (Lipinski definition) is 2. The lowest BCUT2D eigenvalue weighted by Crippen LogP contribution is -2.53. The predicted octanol–water partition coefficient (Wildman–Crippen LogP) is 0.951. The van der Waals surface area contributed by atoms with Crippen molar-refractivity contribution in [2.24, 2.45) is 5.92 Å². The first-order valence-corrected chi connectivity index (χ1v) is 5.61. The summed E-state index contributed by atoms with van der Waals surface area (Å²) in [5.41, 5.74) is -0.302. The number of nitrogens with one attached hydrogen (secondary N) is 2. The highest BCUT2D eigenvalue weighted by atomic mass is 16.4. The molecule has 2 amide bonds. The molecule has 0 bridgehead atoms. The van der Waals surface area contributed by atoms with E-state index in [1.54, 1.807) is 0 Å². The minimum absolute atomic E-state index is 0.0212. The fraction of sp³-hybridized carbons (Fsp3) is 0.667. The first-order valence-electron chi connectivity index (χ1n) is 5.61. The Morgan fingerprint density at radius 3 is 2.53 bits per heavy atom. The molecule has 0 spiro atoms. The molecule has 0 aromatic heterocycles. The van der Waals surface area contributed by atoms with E-state index in [1.165, 1.54) is 0 Å². The third-order valence-corrected chi connectivity index (χ3v) is 2.96. The SMILES string of the molecule is C#CCC(NC(=O)NC(C)(C)C1CC1)C(=O)O. The molecule has 0 radical (unpaired) electrons. The van der Waals surface area contributed by atoms with Gasteiger partial charge in [-0.1, -0.05) is 0 Å². The van der Waals surface area contributed by atoms with Crippen LogP contribution in [0.2, 0.25) is 0 Å². The van der Waals surface area contributed by atoms with E-state index in [0.29, 0.717) is 5.92 Å². The molecule has 17 heavy (non-hydrogen) atoms. The van der Waals surface area contributed by atoms with Crippen LogP contribution in [0.1, 0.15) is 33.1 Å². The van der Waals surface area contributed by atoms with Crippen molar-refractivity contribution >= 4 is 12.0 Å². The van der Waals surface area contributed by atoms with Crippen LogP contribution in [0.4, 0.5) is 4.79 Å². The summed E-state index contributed by atoms with van der Waals surface area (Å²) in [5, 5.41) is 14.0. The average molecular weight is 238 g/mol. The first-order chi connectivity index (χ1) is 7.86. The van der Waals surface area contributed by atoms with Crippen LogP contribution in [0, 0.1) is 18.3 Å². The van der Waals surface area contributed by atoms with Crippen LogP contribution in [-0.4, -0.2) is 28.7 Å². The Morgan fingerprint density at radius 1 is 1.53 bits per heavy atom.